The number of nitrogens with zero attached hydrogens (tertiary/aromatic N) is 6. The summed E-state index contributed by atoms with van der Waals surface area (Å²) < 4.78 is 5.14. The van der Waals surface area contributed by atoms with Crippen LogP contribution in [-0.4, -0.2) is 52.1 Å². The van der Waals surface area contributed by atoms with E-state index in [0.29, 0.717) is 28.2 Å². The number of hydrogen-bond acceptors (Lipinski definition) is 11. The van der Waals surface area contributed by atoms with Crippen LogP contribution in [0.2, 0.25) is 5.28 Å². The number of aromatic hydroxyl groups is 1. The molecule has 0 fully saturated rings. The van der Waals surface area contributed by atoms with Crippen LogP contribution in [0.3, 0.4) is 0 Å². The number of benzene rings is 3. The normalized spacial score (nSPS) is 11.1. The first kappa shape index (κ1) is 28.0. The minimum atomic E-state index is -0.521. The SMILES string of the molecule is COc1ccc(N=Nc2ccc3cc(Nc4nc(Cl)nc(N(CCC(N)=O)CCC(N)=O)n4)ccc3c2O)cc1. The molecule has 4 rings (SSSR count). The molecule has 4 aromatic rings. The van der Waals surface area contributed by atoms with E-state index >= 15 is 0 Å². The van der Waals surface area contributed by atoms with E-state index in [9.17, 15) is 14.7 Å². The molecule has 3 aromatic carbocycles. The highest BCUT2D eigenvalue weighted by Gasteiger charge is 2.16. The van der Waals surface area contributed by atoms with Gasteiger partial charge in [0.05, 0.1) is 12.8 Å². The number of methoxy groups -OCH3 is 1. The monoisotopic (exact) mass is 563 g/mol. The van der Waals surface area contributed by atoms with E-state index < -0.39 is 11.8 Å². The number of fused-ring (bicyclic) bond motifs is 1. The first-order chi connectivity index (χ1) is 19.2. The Labute approximate surface area is 233 Å². The largest absolute Gasteiger partial charge is 0.505 e. The van der Waals surface area contributed by atoms with Gasteiger partial charge >= 0.3 is 0 Å². The van der Waals surface area contributed by atoms with Gasteiger partial charge in [0.25, 0.3) is 0 Å². The van der Waals surface area contributed by atoms with Crippen LogP contribution in [0.5, 0.6) is 11.5 Å². The van der Waals surface area contributed by atoms with E-state index in [1.807, 2.05) is 0 Å². The van der Waals surface area contributed by atoms with E-state index in [1.165, 1.54) is 0 Å². The lowest BCUT2D eigenvalue weighted by atomic mass is 10.1. The Balaban J connectivity index is 1.55. The van der Waals surface area contributed by atoms with Crippen LogP contribution >= 0.6 is 11.6 Å². The summed E-state index contributed by atoms with van der Waals surface area (Å²) in [6.07, 6.45) is 0.0291. The van der Waals surface area contributed by atoms with Crippen molar-refractivity contribution in [2.24, 2.45) is 21.7 Å². The fourth-order valence-corrected chi connectivity index (χ4v) is 3.84. The van der Waals surface area contributed by atoms with E-state index in [1.54, 1.807) is 66.6 Å². The molecule has 0 atom stereocenters. The first-order valence-electron chi connectivity index (χ1n) is 12.0. The molecular formula is C26H26ClN9O4. The number of carbonyl (C=O) groups is 2. The van der Waals surface area contributed by atoms with Crippen molar-refractivity contribution in [1.29, 1.82) is 0 Å². The Bertz CT molecular complexity index is 1550. The molecule has 0 spiro atoms. The van der Waals surface area contributed by atoms with Crippen molar-refractivity contribution in [2.45, 2.75) is 12.8 Å². The topological polar surface area (TPSA) is 194 Å². The van der Waals surface area contributed by atoms with E-state index in [0.717, 1.165) is 5.39 Å². The van der Waals surface area contributed by atoms with Crippen molar-refractivity contribution in [1.82, 2.24) is 15.0 Å². The average molecular weight is 564 g/mol. The van der Waals surface area contributed by atoms with Crippen LogP contribution in [0, 0.1) is 0 Å². The number of rotatable bonds is 12. The minimum Gasteiger partial charge on any atom is -0.505 e. The third-order valence-corrected chi connectivity index (χ3v) is 5.88. The van der Waals surface area contributed by atoms with Crippen molar-refractivity contribution >= 4 is 63.1 Å². The Morgan fingerprint density at radius 3 is 2.33 bits per heavy atom. The molecule has 0 saturated heterocycles. The third-order valence-electron chi connectivity index (χ3n) is 5.71. The Hall–Kier alpha value is -5.04. The van der Waals surface area contributed by atoms with Gasteiger partial charge in [0.2, 0.25) is 29.0 Å². The molecule has 2 amide bonds. The lowest BCUT2D eigenvalue weighted by molar-refractivity contribution is -0.118. The smallest absolute Gasteiger partial charge is 0.233 e. The molecule has 0 radical (unpaired) electrons. The number of nitrogens with one attached hydrogen (secondary N) is 1. The highest BCUT2D eigenvalue weighted by Crippen LogP contribution is 2.37. The zero-order valence-electron chi connectivity index (χ0n) is 21.4. The quantitative estimate of drug-likeness (QED) is 0.183. The molecule has 1 aromatic heterocycles. The summed E-state index contributed by atoms with van der Waals surface area (Å²) in [4.78, 5) is 36.8. The number of hydrogen-bond donors (Lipinski definition) is 4. The molecular weight excluding hydrogens is 538 g/mol. The molecule has 40 heavy (non-hydrogen) atoms. The molecule has 14 heteroatoms. The van der Waals surface area contributed by atoms with Gasteiger partial charge in [0, 0.05) is 37.0 Å². The summed E-state index contributed by atoms with van der Waals surface area (Å²) in [5, 5.41) is 23.4. The summed E-state index contributed by atoms with van der Waals surface area (Å²) in [5.41, 5.74) is 12.1. The minimum absolute atomic E-state index is 0.0145. The van der Waals surface area contributed by atoms with Gasteiger partial charge in [-0.15, -0.1) is 5.11 Å². The van der Waals surface area contributed by atoms with Gasteiger partial charge in [-0.3, -0.25) is 9.59 Å². The number of halogens is 1. The summed E-state index contributed by atoms with van der Waals surface area (Å²) in [7, 11) is 1.58. The third kappa shape index (κ3) is 7.29. The maximum atomic E-state index is 11.3. The van der Waals surface area contributed by atoms with Crippen LogP contribution in [0.1, 0.15) is 12.8 Å². The second kappa shape index (κ2) is 12.7. The molecule has 0 aliphatic heterocycles. The van der Waals surface area contributed by atoms with E-state index in [4.69, 9.17) is 27.8 Å². The number of anilines is 3. The molecule has 206 valence electrons. The predicted octanol–water partition coefficient (Wildman–Crippen LogP) is 4.11. The number of phenols is 1. The van der Waals surface area contributed by atoms with E-state index in [-0.39, 0.29) is 48.9 Å². The number of ether oxygens (including phenoxy) is 1. The van der Waals surface area contributed by atoms with Crippen LogP contribution < -0.4 is 26.4 Å². The number of aromatic nitrogens is 3. The summed E-state index contributed by atoms with van der Waals surface area (Å²) >= 11 is 6.14. The number of amides is 2. The Morgan fingerprint density at radius 1 is 0.975 bits per heavy atom. The second-order valence-electron chi connectivity index (χ2n) is 8.54. The van der Waals surface area contributed by atoms with Gasteiger partial charge in [-0.1, -0.05) is 6.07 Å². The van der Waals surface area contributed by atoms with Crippen molar-refractivity contribution in [3.63, 3.8) is 0 Å². The van der Waals surface area contributed by atoms with Gasteiger partial charge in [-0.2, -0.15) is 20.1 Å². The van der Waals surface area contributed by atoms with Gasteiger partial charge in [0.15, 0.2) is 5.75 Å². The number of nitrogens with two attached hydrogens (primary N) is 2. The summed E-state index contributed by atoms with van der Waals surface area (Å²) in [6, 6.07) is 15.7. The van der Waals surface area contributed by atoms with Crippen LogP contribution in [0.25, 0.3) is 10.8 Å². The van der Waals surface area contributed by atoms with Crippen LogP contribution in [-0.2, 0) is 9.59 Å². The zero-order valence-corrected chi connectivity index (χ0v) is 22.2. The lowest BCUT2D eigenvalue weighted by Crippen LogP contribution is -2.33. The van der Waals surface area contributed by atoms with Gasteiger partial charge in [0.1, 0.15) is 11.4 Å². The second-order valence-corrected chi connectivity index (χ2v) is 8.88. The predicted molar refractivity (Wildman–Crippen MR) is 151 cm³/mol. The molecule has 1 heterocycles. The van der Waals surface area contributed by atoms with Gasteiger partial charge in [-0.25, -0.2) is 0 Å². The maximum Gasteiger partial charge on any atom is 0.233 e. The van der Waals surface area contributed by atoms with Gasteiger partial charge in [-0.05, 0) is 65.5 Å². The molecule has 0 aliphatic carbocycles. The zero-order chi connectivity index (χ0) is 28.6. The van der Waals surface area contributed by atoms with Crippen LogP contribution in [0.4, 0.5) is 29.0 Å². The molecule has 0 saturated carbocycles. The molecule has 6 N–H and O–H groups in total. The van der Waals surface area contributed by atoms with Crippen molar-refractivity contribution in [3.8, 4) is 11.5 Å². The number of phenolic OH excluding ortho intramolecular Hbond substituents is 1. The molecule has 0 bridgehead atoms. The average Bonchev–Trinajstić information content (AvgIpc) is 2.92. The van der Waals surface area contributed by atoms with Crippen molar-refractivity contribution in [2.75, 3.05) is 30.4 Å². The number of azo groups is 1. The highest BCUT2D eigenvalue weighted by molar-refractivity contribution is 6.28. The fourth-order valence-electron chi connectivity index (χ4n) is 3.69. The lowest BCUT2D eigenvalue weighted by Gasteiger charge is -2.22. The number of carbonyl (C=O) groups excluding carboxylic acids is 2. The number of primary amides is 2. The molecule has 13 nitrogen and oxygen atoms in total. The maximum absolute atomic E-state index is 11.3. The van der Waals surface area contributed by atoms with E-state index in [2.05, 4.69) is 30.5 Å². The highest BCUT2D eigenvalue weighted by atomic mass is 35.5. The molecule has 0 aliphatic rings. The van der Waals surface area contributed by atoms with Gasteiger partial charge < -0.3 is 31.5 Å². The van der Waals surface area contributed by atoms with Crippen molar-refractivity contribution in [3.05, 3.63) is 59.9 Å². The standard InChI is InChI=1S/C26H26ClN9O4/c1-40-18-6-3-16(4-7-18)34-35-20-9-2-15-14-17(5-8-19(15)23(20)39)30-25-31-24(27)32-26(33-25)36(12-10-21(28)37)13-11-22(29)38/h2-9,14,39H,10-13H2,1H3,(H2,28,37)(H2,29,38)(H,30,31,32,33). The Kier molecular flexibility index (Phi) is 8.86. The summed E-state index contributed by atoms with van der Waals surface area (Å²) in [5.74, 6) is -0.0796. The van der Waals surface area contributed by atoms with Crippen LogP contribution in [0.15, 0.2) is 64.8 Å². The Morgan fingerprint density at radius 2 is 1.68 bits per heavy atom. The van der Waals surface area contributed by atoms with Crippen molar-refractivity contribution < 1.29 is 19.4 Å². The molecule has 0 unspecified atom stereocenters. The first-order valence-corrected chi connectivity index (χ1v) is 12.4. The fraction of sp³-hybridized carbons (Fsp3) is 0.192. The summed E-state index contributed by atoms with van der Waals surface area (Å²) in [6.45, 7) is 0.325.